The summed E-state index contributed by atoms with van der Waals surface area (Å²) in [6.45, 7) is 1.91. The lowest BCUT2D eigenvalue weighted by Crippen LogP contribution is -2.08. The van der Waals surface area contributed by atoms with Gasteiger partial charge in [0.15, 0.2) is 3.79 Å². The maximum Gasteiger partial charge on any atom is 0.194 e. The van der Waals surface area contributed by atoms with Crippen molar-refractivity contribution in [2.24, 2.45) is 0 Å². The average molecular weight is 258 g/mol. The molecule has 0 radical (unpaired) electrons. The fourth-order valence-corrected chi connectivity index (χ4v) is 1.69. The van der Waals surface area contributed by atoms with Crippen LogP contribution in [0.3, 0.4) is 0 Å². The molecular formula is C9H8Cl4. The summed E-state index contributed by atoms with van der Waals surface area (Å²) in [4.78, 5) is 0. The van der Waals surface area contributed by atoms with Crippen molar-refractivity contribution < 1.29 is 0 Å². The summed E-state index contributed by atoms with van der Waals surface area (Å²) in [7, 11) is 0. The van der Waals surface area contributed by atoms with E-state index in [9.17, 15) is 0 Å². The van der Waals surface area contributed by atoms with Crippen molar-refractivity contribution in [2.75, 3.05) is 0 Å². The summed E-state index contributed by atoms with van der Waals surface area (Å²) in [5, 5.41) is 0.701. The van der Waals surface area contributed by atoms with Crippen LogP contribution >= 0.6 is 46.4 Å². The van der Waals surface area contributed by atoms with Gasteiger partial charge >= 0.3 is 0 Å². The third-order valence-corrected chi connectivity index (χ3v) is 2.58. The highest BCUT2D eigenvalue weighted by Gasteiger charge is 2.21. The van der Waals surface area contributed by atoms with E-state index in [1.807, 2.05) is 25.1 Å². The van der Waals surface area contributed by atoms with Crippen LogP contribution in [0.15, 0.2) is 18.2 Å². The van der Waals surface area contributed by atoms with Crippen molar-refractivity contribution in [3.63, 3.8) is 0 Å². The highest BCUT2D eigenvalue weighted by atomic mass is 35.6. The van der Waals surface area contributed by atoms with E-state index < -0.39 is 3.79 Å². The number of hydrogen-bond donors (Lipinski definition) is 0. The zero-order valence-corrected chi connectivity index (χ0v) is 9.97. The van der Waals surface area contributed by atoms with Gasteiger partial charge in [0.1, 0.15) is 0 Å². The van der Waals surface area contributed by atoms with Gasteiger partial charge in [-0.05, 0) is 24.1 Å². The smallest absolute Gasteiger partial charge is 0.0840 e. The van der Waals surface area contributed by atoms with Gasteiger partial charge in [-0.2, -0.15) is 0 Å². The van der Waals surface area contributed by atoms with Crippen LogP contribution in [0.1, 0.15) is 11.1 Å². The van der Waals surface area contributed by atoms with Gasteiger partial charge in [-0.15, -0.1) is 0 Å². The van der Waals surface area contributed by atoms with Gasteiger partial charge in [-0.3, -0.25) is 0 Å². The zero-order valence-electron chi connectivity index (χ0n) is 6.95. The molecule has 0 bridgehead atoms. The van der Waals surface area contributed by atoms with Gasteiger partial charge < -0.3 is 0 Å². The third kappa shape index (κ3) is 3.55. The lowest BCUT2D eigenvalue weighted by molar-refractivity contribution is 1.00. The highest BCUT2D eigenvalue weighted by molar-refractivity contribution is 6.67. The molecule has 1 aromatic rings. The van der Waals surface area contributed by atoms with Crippen molar-refractivity contribution in [3.8, 4) is 0 Å². The fraction of sp³-hybridized carbons (Fsp3) is 0.333. The topological polar surface area (TPSA) is 0 Å². The van der Waals surface area contributed by atoms with Gasteiger partial charge in [0.2, 0.25) is 0 Å². The number of halogens is 4. The zero-order chi connectivity index (χ0) is 10.1. The number of hydrogen-bond acceptors (Lipinski definition) is 0. The monoisotopic (exact) mass is 256 g/mol. The quantitative estimate of drug-likeness (QED) is 0.647. The maximum absolute atomic E-state index is 5.91. The molecule has 1 aromatic carbocycles. The minimum Gasteiger partial charge on any atom is -0.0840 e. The molecule has 0 amide bonds. The fourth-order valence-electron chi connectivity index (χ4n) is 1.06. The minimum atomic E-state index is -1.25. The molecule has 4 heteroatoms. The van der Waals surface area contributed by atoms with E-state index in [4.69, 9.17) is 46.4 Å². The van der Waals surface area contributed by atoms with Crippen LogP contribution in [0.4, 0.5) is 0 Å². The van der Waals surface area contributed by atoms with Crippen molar-refractivity contribution >= 4 is 46.4 Å². The highest BCUT2D eigenvalue weighted by Crippen LogP contribution is 2.32. The predicted octanol–water partition coefficient (Wildman–Crippen LogP) is 4.56. The van der Waals surface area contributed by atoms with E-state index in [-0.39, 0.29) is 0 Å². The molecule has 0 aliphatic carbocycles. The van der Waals surface area contributed by atoms with Crippen LogP contribution < -0.4 is 0 Å². The van der Waals surface area contributed by atoms with Crippen molar-refractivity contribution in [1.29, 1.82) is 0 Å². The molecule has 0 N–H and O–H groups in total. The molecule has 0 atom stereocenters. The van der Waals surface area contributed by atoms with Crippen LogP contribution in [0.2, 0.25) is 5.02 Å². The van der Waals surface area contributed by atoms with E-state index in [0.29, 0.717) is 11.4 Å². The van der Waals surface area contributed by atoms with Gasteiger partial charge in [0, 0.05) is 11.4 Å². The molecule has 0 saturated heterocycles. The molecule has 0 aliphatic heterocycles. The molecule has 0 heterocycles. The van der Waals surface area contributed by atoms with E-state index >= 15 is 0 Å². The Morgan fingerprint density at radius 2 is 1.85 bits per heavy atom. The normalized spacial score (nSPS) is 11.8. The first-order chi connectivity index (χ1) is 5.90. The van der Waals surface area contributed by atoms with E-state index in [2.05, 4.69) is 0 Å². The van der Waals surface area contributed by atoms with E-state index in [0.717, 1.165) is 11.1 Å². The molecule has 0 fully saturated rings. The van der Waals surface area contributed by atoms with Gasteiger partial charge in [0.25, 0.3) is 0 Å². The lowest BCUT2D eigenvalue weighted by Gasteiger charge is -2.13. The van der Waals surface area contributed by atoms with E-state index in [1.165, 1.54) is 0 Å². The van der Waals surface area contributed by atoms with Gasteiger partial charge in [-0.1, -0.05) is 58.5 Å². The summed E-state index contributed by atoms with van der Waals surface area (Å²) in [5.41, 5.74) is 1.93. The third-order valence-electron chi connectivity index (χ3n) is 1.77. The van der Waals surface area contributed by atoms with Gasteiger partial charge in [0.05, 0.1) is 0 Å². The first kappa shape index (κ1) is 11.5. The number of benzene rings is 1. The Kier molecular flexibility index (Phi) is 3.76. The summed E-state index contributed by atoms with van der Waals surface area (Å²) in [6, 6.07) is 5.57. The standard InChI is InChI=1S/C9H8Cl4/c1-6-7(5-9(11,12)13)3-2-4-8(6)10/h2-4H,5H2,1H3. The molecule has 72 valence electrons. The van der Waals surface area contributed by atoms with Crippen LogP contribution in [0, 0.1) is 6.92 Å². The Balaban J connectivity index is 2.96. The Morgan fingerprint density at radius 3 is 2.38 bits per heavy atom. The largest absolute Gasteiger partial charge is 0.194 e. The minimum absolute atomic E-state index is 0.379. The Labute approximate surface area is 97.7 Å². The first-order valence-electron chi connectivity index (χ1n) is 3.71. The van der Waals surface area contributed by atoms with Crippen LogP contribution in [-0.4, -0.2) is 3.79 Å². The van der Waals surface area contributed by atoms with Crippen molar-refractivity contribution in [3.05, 3.63) is 34.3 Å². The van der Waals surface area contributed by atoms with Crippen molar-refractivity contribution in [2.45, 2.75) is 17.1 Å². The predicted molar refractivity (Wildman–Crippen MR) is 60.2 cm³/mol. The molecule has 0 saturated carbocycles. The molecular weight excluding hydrogens is 250 g/mol. The molecule has 13 heavy (non-hydrogen) atoms. The Morgan fingerprint density at radius 1 is 1.23 bits per heavy atom. The van der Waals surface area contributed by atoms with Crippen LogP contribution in [0.5, 0.6) is 0 Å². The number of alkyl halides is 3. The molecule has 0 spiro atoms. The summed E-state index contributed by atoms with van der Waals surface area (Å²) in [6.07, 6.45) is 0.379. The second-order valence-corrected chi connectivity index (χ2v) is 5.74. The second kappa shape index (κ2) is 4.27. The maximum atomic E-state index is 5.91. The second-order valence-electron chi connectivity index (χ2n) is 2.82. The van der Waals surface area contributed by atoms with Gasteiger partial charge in [-0.25, -0.2) is 0 Å². The molecule has 0 aliphatic rings. The molecule has 0 unspecified atom stereocenters. The summed E-state index contributed by atoms with van der Waals surface area (Å²) < 4.78 is -1.25. The first-order valence-corrected chi connectivity index (χ1v) is 5.22. The lowest BCUT2D eigenvalue weighted by atomic mass is 10.1. The SMILES string of the molecule is Cc1c(Cl)cccc1CC(Cl)(Cl)Cl. The van der Waals surface area contributed by atoms with Crippen molar-refractivity contribution in [1.82, 2.24) is 0 Å². The molecule has 0 aromatic heterocycles. The van der Waals surface area contributed by atoms with E-state index in [1.54, 1.807) is 0 Å². The number of rotatable bonds is 1. The Hall–Kier alpha value is 0.380. The molecule has 1 rings (SSSR count). The van der Waals surface area contributed by atoms with Crippen LogP contribution in [-0.2, 0) is 6.42 Å². The summed E-state index contributed by atoms with van der Waals surface area (Å²) >= 11 is 23.0. The Bertz CT molecular complexity index is 301. The molecule has 0 nitrogen and oxygen atoms in total. The average Bonchev–Trinajstić information content (AvgIpc) is 1.96. The van der Waals surface area contributed by atoms with Crippen LogP contribution in [0.25, 0.3) is 0 Å². The summed E-state index contributed by atoms with van der Waals surface area (Å²) in [5.74, 6) is 0.